The average Bonchev–Trinajstić information content (AvgIpc) is 2.37. The van der Waals surface area contributed by atoms with Gasteiger partial charge in [0.1, 0.15) is 6.10 Å². The molecule has 1 aromatic carbocycles. The van der Waals surface area contributed by atoms with Crippen LogP contribution in [0.2, 0.25) is 0 Å². The van der Waals surface area contributed by atoms with Gasteiger partial charge in [-0.1, -0.05) is 6.07 Å². The first-order valence-corrected chi connectivity index (χ1v) is 6.05. The van der Waals surface area contributed by atoms with Crippen LogP contribution in [-0.2, 0) is 4.74 Å². The molecule has 0 bridgehead atoms. The van der Waals surface area contributed by atoms with Crippen LogP contribution in [0.15, 0.2) is 18.2 Å². The molecule has 1 unspecified atom stereocenters. The summed E-state index contributed by atoms with van der Waals surface area (Å²) in [5, 5.41) is 9.85. The first-order chi connectivity index (χ1) is 9.08. The van der Waals surface area contributed by atoms with Crippen LogP contribution in [0, 0.1) is 0 Å². The first-order valence-electron chi connectivity index (χ1n) is 6.05. The van der Waals surface area contributed by atoms with Crippen LogP contribution in [0.3, 0.4) is 0 Å². The van der Waals surface area contributed by atoms with E-state index < -0.39 is 12.7 Å². The molecule has 6 heteroatoms. The summed E-state index contributed by atoms with van der Waals surface area (Å²) in [5.41, 5.74) is 0.526. The van der Waals surface area contributed by atoms with Crippen LogP contribution in [0.1, 0.15) is 25.5 Å². The maximum Gasteiger partial charge on any atom is 0.387 e. The fourth-order valence-electron chi connectivity index (χ4n) is 1.52. The summed E-state index contributed by atoms with van der Waals surface area (Å²) >= 11 is 0. The molecule has 0 aliphatic heterocycles. The van der Waals surface area contributed by atoms with Gasteiger partial charge in [-0.05, 0) is 31.5 Å². The topological polar surface area (TPSA) is 47.9 Å². The van der Waals surface area contributed by atoms with Crippen molar-refractivity contribution in [2.45, 2.75) is 26.6 Å². The minimum atomic E-state index is -2.92. The van der Waals surface area contributed by atoms with Crippen LogP contribution in [0.25, 0.3) is 0 Å². The number of hydrogen-bond donors (Lipinski definition) is 1. The minimum absolute atomic E-state index is 0.0517. The van der Waals surface area contributed by atoms with Gasteiger partial charge in [0.05, 0.1) is 13.2 Å². The van der Waals surface area contributed by atoms with Crippen molar-refractivity contribution in [1.29, 1.82) is 0 Å². The zero-order valence-electron chi connectivity index (χ0n) is 10.9. The van der Waals surface area contributed by atoms with Crippen molar-refractivity contribution in [2.75, 3.05) is 19.8 Å². The molecule has 108 valence electrons. The molecule has 0 saturated heterocycles. The van der Waals surface area contributed by atoms with Gasteiger partial charge >= 0.3 is 6.61 Å². The van der Waals surface area contributed by atoms with Gasteiger partial charge in [0.15, 0.2) is 11.5 Å². The molecule has 0 aromatic heterocycles. The number of rotatable bonds is 8. The average molecular weight is 276 g/mol. The van der Waals surface area contributed by atoms with Crippen molar-refractivity contribution in [3.8, 4) is 11.5 Å². The second-order valence-corrected chi connectivity index (χ2v) is 3.69. The number of hydrogen-bond acceptors (Lipinski definition) is 4. The number of halogens is 2. The van der Waals surface area contributed by atoms with Crippen LogP contribution in [0.5, 0.6) is 11.5 Å². The largest absolute Gasteiger partial charge is 0.490 e. The molecule has 0 aliphatic carbocycles. The lowest BCUT2D eigenvalue weighted by Crippen LogP contribution is -2.09. The molecule has 0 radical (unpaired) electrons. The molecule has 1 atom stereocenters. The Kier molecular flexibility index (Phi) is 6.52. The number of ether oxygens (including phenoxy) is 3. The maximum atomic E-state index is 12.2. The minimum Gasteiger partial charge on any atom is -0.490 e. The highest BCUT2D eigenvalue weighted by molar-refractivity contribution is 5.43. The van der Waals surface area contributed by atoms with E-state index in [1.165, 1.54) is 18.2 Å². The number of benzene rings is 1. The monoisotopic (exact) mass is 276 g/mol. The Morgan fingerprint density at radius 1 is 1.16 bits per heavy atom. The summed E-state index contributed by atoms with van der Waals surface area (Å²) in [5.74, 6) is 0.125. The second kappa shape index (κ2) is 7.91. The highest BCUT2D eigenvalue weighted by Crippen LogP contribution is 2.31. The number of aliphatic hydroxyl groups excluding tert-OH is 1. The SMILES string of the molecule is CCOCC(O)c1ccc(OC(F)F)c(OCC)c1. The molecule has 4 nitrogen and oxygen atoms in total. The summed E-state index contributed by atoms with van der Waals surface area (Å²) < 4.78 is 39.1. The predicted molar refractivity (Wildman–Crippen MR) is 65.7 cm³/mol. The molecule has 0 saturated carbocycles. The Morgan fingerprint density at radius 3 is 2.47 bits per heavy atom. The van der Waals surface area contributed by atoms with E-state index in [-0.39, 0.29) is 18.1 Å². The first kappa shape index (κ1) is 15.7. The van der Waals surface area contributed by atoms with E-state index in [2.05, 4.69) is 4.74 Å². The Hall–Kier alpha value is -1.40. The summed E-state index contributed by atoms with van der Waals surface area (Å²) in [4.78, 5) is 0. The summed E-state index contributed by atoms with van der Waals surface area (Å²) in [6.07, 6.45) is -0.834. The third kappa shape index (κ3) is 5.00. The second-order valence-electron chi connectivity index (χ2n) is 3.69. The van der Waals surface area contributed by atoms with E-state index in [0.717, 1.165) is 0 Å². The lowest BCUT2D eigenvalue weighted by Gasteiger charge is -2.15. The van der Waals surface area contributed by atoms with Crippen LogP contribution in [-0.4, -0.2) is 31.5 Å². The highest BCUT2D eigenvalue weighted by Gasteiger charge is 2.15. The molecule has 0 amide bonds. The fourth-order valence-corrected chi connectivity index (χ4v) is 1.52. The van der Waals surface area contributed by atoms with Gasteiger partial charge in [0.2, 0.25) is 0 Å². The number of alkyl halides is 2. The smallest absolute Gasteiger partial charge is 0.387 e. The van der Waals surface area contributed by atoms with E-state index >= 15 is 0 Å². The molecular formula is C13H18F2O4. The zero-order valence-corrected chi connectivity index (χ0v) is 10.9. The van der Waals surface area contributed by atoms with E-state index in [1.54, 1.807) is 6.92 Å². The van der Waals surface area contributed by atoms with Gasteiger partial charge in [-0.3, -0.25) is 0 Å². The van der Waals surface area contributed by atoms with E-state index in [4.69, 9.17) is 9.47 Å². The van der Waals surface area contributed by atoms with E-state index in [1.807, 2.05) is 6.92 Å². The lowest BCUT2D eigenvalue weighted by molar-refractivity contribution is -0.0515. The van der Waals surface area contributed by atoms with Gasteiger partial charge in [-0.2, -0.15) is 8.78 Å². The van der Waals surface area contributed by atoms with Crippen molar-refractivity contribution in [1.82, 2.24) is 0 Å². The van der Waals surface area contributed by atoms with Crippen molar-refractivity contribution in [2.24, 2.45) is 0 Å². The molecule has 0 heterocycles. The maximum absolute atomic E-state index is 12.2. The van der Waals surface area contributed by atoms with Gasteiger partial charge in [-0.25, -0.2) is 0 Å². The van der Waals surface area contributed by atoms with Crippen LogP contribution >= 0.6 is 0 Å². The van der Waals surface area contributed by atoms with Crippen molar-refractivity contribution < 1.29 is 28.1 Å². The molecule has 19 heavy (non-hydrogen) atoms. The normalized spacial score (nSPS) is 12.5. The predicted octanol–water partition coefficient (Wildman–Crippen LogP) is 2.76. The Labute approximate surface area is 110 Å². The number of aliphatic hydroxyl groups is 1. The fraction of sp³-hybridized carbons (Fsp3) is 0.538. The van der Waals surface area contributed by atoms with E-state index in [0.29, 0.717) is 18.8 Å². The third-order valence-corrected chi connectivity index (χ3v) is 2.35. The summed E-state index contributed by atoms with van der Waals surface area (Å²) in [6.45, 7) is 1.57. The summed E-state index contributed by atoms with van der Waals surface area (Å²) in [6, 6.07) is 4.33. The summed E-state index contributed by atoms with van der Waals surface area (Å²) in [7, 11) is 0. The molecule has 0 aliphatic rings. The quantitative estimate of drug-likeness (QED) is 0.793. The van der Waals surface area contributed by atoms with Crippen LogP contribution in [0.4, 0.5) is 8.78 Å². The van der Waals surface area contributed by atoms with Crippen molar-refractivity contribution in [3.63, 3.8) is 0 Å². The van der Waals surface area contributed by atoms with Crippen LogP contribution < -0.4 is 9.47 Å². The van der Waals surface area contributed by atoms with Gasteiger partial charge in [0.25, 0.3) is 0 Å². The Bertz CT molecular complexity index is 385. The lowest BCUT2D eigenvalue weighted by atomic mass is 10.1. The Morgan fingerprint density at radius 2 is 1.89 bits per heavy atom. The molecular weight excluding hydrogens is 258 g/mol. The van der Waals surface area contributed by atoms with Crippen molar-refractivity contribution in [3.05, 3.63) is 23.8 Å². The van der Waals surface area contributed by atoms with Gasteiger partial charge in [0, 0.05) is 6.61 Å². The third-order valence-electron chi connectivity index (χ3n) is 2.35. The molecule has 0 spiro atoms. The molecule has 1 rings (SSSR count). The van der Waals surface area contributed by atoms with Crippen molar-refractivity contribution >= 4 is 0 Å². The highest BCUT2D eigenvalue weighted by atomic mass is 19.3. The Balaban J connectivity index is 2.88. The van der Waals surface area contributed by atoms with E-state index in [9.17, 15) is 13.9 Å². The van der Waals surface area contributed by atoms with Gasteiger partial charge in [-0.15, -0.1) is 0 Å². The molecule has 0 fully saturated rings. The zero-order chi connectivity index (χ0) is 14.3. The standard InChI is InChI=1S/C13H18F2O4/c1-3-17-8-10(16)9-5-6-11(19-13(14)15)12(7-9)18-4-2/h5-7,10,13,16H,3-4,8H2,1-2H3. The molecule has 1 N–H and O–H groups in total. The molecule has 1 aromatic rings. The van der Waals surface area contributed by atoms with Gasteiger partial charge < -0.3 is 19.3 Å².